The van der Waals surface area contributed by atoms with Gasteiger partial charge in [-0.25, -0.2) is 8.78 Å². The molecule has 0 saturated carbocycles. The number of piperazine rings is 1. The maximum atomic E-state index is 13.4. The molecule has 1 heterocycles. The summed E-state index contributed by atoms with van der Waals surface area (Å²) in [6, 6.07) is 12.7. The molecule has 0 spiro atoms. The lowest BCUT2D eigenvalue weighted by molar-refractivity contribution is -0.139. The summed E-state index contributed by atoms with van der Waals surface area (Å²) in [4.78, 5) is 15.1. The van der Waals surface area contributed by atoms with Crippen LogP contribution in [0.2, 0.25) is 0 Å². The summed E-state index contributed by atoms with van der Waals surface area (Å²) >= 11 is 0. The van der Waals surface area contributed by atoms with E-state index in [0.717, 1.165) is 11.1 Å². The fourth-order valence-electron chi connectivity index (χ4n) is 3.63. The number of benzene rings is 2. The highest BCUT2D eigenvalue weighted by Gasteiger charge is 2.31. The molecular weight excluding hydrogens is 409 g/mol. The quantitative estimate of drug-likeness (QED) is 0.775. The minimum absolute atomic E-state index is 0. The molecule has 0 radical (unpaired) electrons. The van der Waals surface area contributed by atoms with Crippen LogP contribution in [0.15, 0.2) is 48.5 Å². The summed E-state index contributed by atoms with van der Waals surface area (Å²) in [5.74, 6) is -1.43. The molecule has 2 aromatic rings. The molecule has 1 aliphatic rings. The predicted molar refractivity (Wildman–Crippen MR) is 109 cm³/mol. The fourth-order valence-corrected chi connectivity index (χ4v) is 3.63. The number of rotatable bonds is 5. The van der Waals surface area contributed by atoms with Gasteiger partial charge >= 0.3 is 5.97 Å². The van der Waals surface area contributed by atoms with Gasteiger partial charge < -0.3 is 5.11 Å². The van der Waals surface area contributed by atoms with Crippen molar-refractivity contribution in [1.29, 1.82) is 0 Å². The first-order chi connectivity index (χ1) is 12.4. The number of aliphatic carboxylic acids is 1. The minimum atomic E-state index is -0.834. The van der Waals surface area contributed by atoms with Gasteiger partial charge in [0.25, 0.3) is 0 Å². The Hall–Kier alpha value is -1.73. The molecule has 0 bridgehead atoms. The first-order valence-electron chi connectivity index (χ1n) is 8.65. The van der Waals surface area contributed by atoms with Gasteiger partial charge in [-0.1, -0.05) is 24.3 Å². The van der Waals surface area contributed by atoms with Crippen molar-refractivity contribution in [3.63, 3.8) is 0 Å². The number of hydrogen-bond acceptors (Lipinski definition) is 3. The highest BCUT2D eigenvalue weighted by Crippen LogP contribution is 2.32. The second-order valence-corrected chi connectivity index (χ2v) is 6.72. The third kappa shape index (κ3) is 5.88. The number of carboxylic acid groups (broad SMARTS) is 1. The second kappa shape index (κ2) is 10.7. The molecule has 28 heavy (non-hydrogen) atoms. The first kappa shape index (κ1) is 24.3. The number of carbonyl (C=O) groups is 1. The van der Waals surface area contributed by atoms with E-state index in [1.54, 1.807) is 24.3 Å². The fraction of sp³-hybridized carbons (Fsp3) is 0.350. The number of nitrogens with zero attached hydrogens (tertiary/aromatic N) is 2. The van der Waals surface area contributed by atoms with Crippen LogP contribution in [-0.4, -0.2) is 53.1 Å². The van der Waals surface area contributed by atoms with E-state index in [4.69, 9.17) is 5.11 Å². The van der Waals surface area contributed by atoms with Crippen LogP contribution in [0, 0.1) is 11.6 Å². The first-order valence-corrected chi connectivity index (χ1v) is 8.65. The van der Waals surface area contributed by atoms with Crippen LogP contribution < -0.4 is 0 Å². The molecule has 8 heteroatoms. The molecule has 1 N–H and O–H groups in total. The van der Waals surface area contributed by atoms with Gasteiger partial charge in [-0.05, 0) is 42.3 Å². The van der Waals surface area contributed by atoms with Crippen LogP contribution in [0.3, 0.4) is 0 Å². The standard InChI is InChI=1S/C20H22F2N2O2.2ClH/c1-14-12-23(13-19(25)26)10-11-24(14)20(15-2-6-17(21)7-3-15)16-4-8-18(22)9-5-16;;/h2-9,14,20H,10-13H2,1H3,(H,25,26);2*1H/t14-;;/m1../s1. The molecule has 0 aliphatic carbocycles. The van der Waals surface area contributed by atoms with Gasteiger partial charge in [0.05, 0.1) is 12.6 Å². The van der Waals surface area contributed by atoms with E-state index in [1.807, 2.05) is 11.8 Å². The summed E-state index contributed by atoms with van der Waals surface area (Å²) in [6.07, 6.45) is 0. The van der Waals surface area contributed by atoms with Gasteiger partial charge in [-0.2, -0.15) is 0 Å². The second-order valence-electron chi connectivity index (χ2n) is 6.72. The maximum absolute atomic E-state index is 13.4. The Labute approximate surface area is 176 Å². The van der Waals surface area contributed by atoms with Crippen molar-refractivity contribution in [2.45, 2.75) is 19.0 Å². The molecule has 1 fully saturated rings. The van der Waals surface area contributed by atoms with Crippen LogP contribution in [-0.2, 0) is 4.79 Å². The van der Waals surface area contributed by atoms with E-state index in [-0.39, 0.29) is 55.1 Å². The van der Waals surface area contributed by atoms with Crippen LogP contribution in [0.4, 0.5) is 8.78 Å². The van der Waals surface area contributed by atoms with Crippen molar-refractivity contribution < 1.29 is 18.7 Å². The molecule has 2 aromatic carbocycles. The zero-order valence-corrected chi connectivity index (χ0v) is 17.1. The lowest BCUT2D eigenvalue weighted by Crippen LogP contribution is -2.54. The zero-order chi connectivity index (χ0) is 18.7. The zero-order valence-electron chi connectivity index (χ0n) is 15.4. The number of hydrogen-bond donors (Lipinski definition) is 1. The van der Waals surface area contributed by atoms with E-state index in [2.05, 4.69) is 4.90 Å². The van der Waals surface area contributed by atoms with E-state index < -0.39 is 5.97 Å². The Morgan fingerprint density at radius 1 is 1.00 bits per heavy atom. The van der Waals surface area contributed by atoms with E-state index >= 15 is 0 Å². The van der Waals surface area contributed by atoms with Crippen LogP contribution in [0.5, 0.6) is 0 Å². The number of carboxylic acids is 1. The highest BCUT2D eigenvalue weighted by molar-refractivity contribution is 5.85. The van der Waals surface area contributed by atoms with Crippen LogP contribution >= 0.6 is 24.8 Å². The average molecular weight is 433 g/mol. The van der Waals surface area contributed by atoms with Crippen molar-refractivity contribution in [1.82, 2.24) is 9.80 Å². The molecule has 3 rings (SSSR count). The van der Waals surface area contributed by atoms with Crippen LogP contribution in [0.25, 0.3) is 0 Å². The highest BCUT2D eigenvalue weighted by atomic mass is 35.5. The Balaban J connectivity index is 0.00000196. The van der Waals surface area contributed by atoms with E-state index in [9.17, 15) is 13.6 Å². The molecule has 1 saturated heterocycles. The summed E-state index contributed by atoms with van der Waals surface area (Å²) in [5, 5.41) is 9.01. The maximum Gasteiger partial charge on any atom is 0.317 e. The molecule has 0 aromatic heterocycles. The minimum Gasteiger partial charge on any atom is -0.480 e. The molecule has 1 aliphatic heterocycles. The summed E-state index contributed by atoms with van der Waals surface area (Å²) in [6.45, 7) is 4.01. The van der Waals surface area contributed by atoms with Crippen LogP contribution in [0.1, 0.15) is 24.1 Å². The number of halogens is 4. The van der Waals surface area contributed by atoms with Gasteiger partial charge in [-0.15, -0.1) is 24.8 Å². The topological polar surface area (TPSA) is 43.8 Å². The monoisotopic (exact) mass is 432 g/mol. The third-order valence-corrected chi connectivity index (χ3v) is 4.83. The molecule has 154 valence electrons. The lowest BCUT2D eigenvalue weighted by atomic mass is 9.94. The SMILES string of the molecule is C[C@@H]1CN(CC(=O)O)CCN1C(c1ccc(F)cc1)c1ccc(F)cc1.Cl.Cl. The predicted octanol–water partition coefficient (Wildman–Crippen LogP) is 3.99. The van der Waals surface area contributed by atoms with Crippen molar-refractivity contribution in [2.75, 3.05) is 26.2 Å². The van der Waals surface area contributed by atoms with Crippen molar-refractivity contribution in [2.24, 2.45) is 0 Å². The molecule has 0 amide bonds. The van der Waals surface area contributed by atoms with Crippen molar-refractivity contribution in [3.05, 3.63) is 71.3 Å². The molecule has 4 nitrogen and oxygen atoms in total. The summed E-state index contributed by atoms with van der Waals surface area (Å²) < 4.78 is 26.7. The van der Waals surface area contributed by atoms with Crippen molar-refractivity contribution in [3.8, 4) is 0 Å². The summed E-state index contributed by atoms with van der Waals surface area (Å²) in [5.41, 5.74) is 1.85. The Kier molecular flexibility index (Phi) is 9.30. The normalized spacial score (nSPS) is 17.6. The average Bonchev–Trinajstić information content (AvgIpc) is 2.59. The van der Waals surface area contributed by atoms with Gasteiger partial charge in [0.2, 0.25) is 0 Å². The largest absolute Gasteiger partial charge is 0.480 e. The molecule has 1 atom stereocenters. The Morgan fingerprint density at radius 3 is 1.86 bits per heavy atom. The van der Waals surface area contributed by atoms with E-state index in [1.165, 1.54) is 24.3 Å². The van der Waals surface area contributed by atoms with E-state index in [0.29, 0.717) is 19.6 Å². The molecule has 0 unspecified atom stereocenters. The van der Waals surface area contributed by atoms with Gasteiger partial charge in [0, 0.05) is 25.7 Å². The smallest absolute Gasteiger partial charge is 0.317 e. The Morgan fingerprint density at radius 2 is 1.46 bits per heavy atom. The van der Waals surface area contributed by atoms with Gasteiger partial charge in [0.1, 0.15) is 11.6 Å². The third-order valence-electron chi connectivity index (χ3n) is 4.83. The lowest BCUT2D eigenvalue weighted by Gasteiger charge is -2.44. The Bertz CT molecular complexity index is 714. The summed E-state index contributed by atoms with van der Waals surface area (Å²) in [7, 11) is 0. The van der Waals surface area contributed by atoms with Crippen molar-refractivity contribution >= 4 is 30.8 Å². The van der Waals surface area contributed by atoms with Gasteiger partial charge in [0.15, 0.2) is 0 Å². The van der Waals surface area contributed by atoms with Gasteiger partial charge in [-0.3, -0.25) is 14.6 Å². The molecular formula is C20H24Cl2F2N2O2.